The number of ether oxygens (including phenoxy) is 1. The van der Waals surface area contributed by atoms with Crippen molar-refractivity contribution in [2.45, 2.75) is 25.5 Å². The first kappa shape index (κ1) is 17.7. The Kier molecular flexibility index (Phi) is 6.14. The van der Waals surface area contributed by atoms with Crippen LogP contribution < -0.4 is 11.1 Å². The predicted molar refractivity (Wildman–Crippen MR) is 91.0 cm³/mol. The maximum absolute atomic E-state index is 12.5. The van der Waals surface area contributed by atoms with Gasteiger partial charge in [0.15, 0.2) is 0 Å². The Bertz CT molecular complexity index is 655. The first-order valence-electron chi connectivity index (χ1n) is 7.82. The summed E-state index contributed by atoms with van der Waals surface area (Å²) in [4.78, 5) is 27.3. The molecule has 0 fully saturated rings. The second kappa shape index (κ2) is 8.31. The van der Waals surface area contributed by atoms with Crippen LogP contribution >= 0.6 is 0 Å². The minimum atomic E-state index is -0.761. The Morgan fingerprint density at radius 3 is 2.46 bits per heavy atom. The van der Waals surface area contributed by atoms with Crippen molar-refractivity contribution in [3.8, 4) is 0 Å². The quantitative estimate of drug-likeness (QED) is 0.685. The van der Waals surface area contributed by atoms with Gasteiger partial charge in [-0.3, -0.25) is 9.59 Å². The van der Waals surface area contributed by atoms with Crippen molar-refractivity contribution >= 4 is 11.8 Å². The second-order valence-corrected chi connectivity index (χ2v) is 5.72. The Morgan fingerprint density at radius 2 is 1.92 bits per heavy atom. The van der Waals surface area contributed by atoms with E-state index in [1.54, 1.807) is 20.2 Å². The van der Waals surface area contributed by atoms with Gasteiger partial charge in [0.2, 0.25) is 11.8 Å². The monoisotopic (exact) mass is 329 g/mol. The van der Waals surface area contributed by atoms with Crippen molar-refractivity contribution in [1.82, 2.24) is 10.3 Å². The molecule has 0 unspecified atom stereocenters. The van der Waals surface area contributed by atoms with Gasteiger partial charge in [-0.1, -0.05) is 37.3 Å². The van der Waals surface area contributed by atoms with Gasteiger partial charge >= 0.3 is 0 Å². The van der Waals surface area contributed by atoms with E-state index in [2.05, 4.69) is 10.3 Å². The molecule has 3 atom stereocenters. The Hall–Kier alpha value is -2.60. The highest BCUT2D eigenvalue weighted by atomic mass is 16.5. The number of carbonyl (C=O) groups is 2. The van der Waals surface area contributed by atoms with Crippen molar-refractivity contribution in [3.63, 3.8) is 0 Å². The molecule has 0 saturated carbocycles. The highest BCUT2D eigenvalue weighted by molar-refractivity contribution is 5.88. The number of primary amides is 1. The van der Waals surface area contributed by atoms with Gasteiger partial charge in [-0.25, -0.2) is 0 Å². The van der Waals surface area contributed by atoms with Gasteiger partial charge in [0, 0.05) is 25.4 Å². The number of methoxy groups -OCH3 is 1. The summed E-state index contributed by atoms with van der Waals surface area (Å²) in [5.41, 5.74) is 7.18. The zero-order chi connectivity index (χ0) is 17.5. The number of benzene rings is 1. The Labute approximate surface area is 141 Å². The van der Waals surface area contributed by atoms with E-state index in [-0.39, 0.29) is 5.91 Å². The molecule has 24 heavy (non-hydrogen) atoms. The largest absolute Gasteiger partial charge is 0.374 e. The van der Waals surface area contributed by atoms with E-state index in [0.29, 0.717) is 6.42 Å². The van der Waals surface area contributed by atoms with Crippen LogP contribution in [0, 0.1) is 5.92 Å². The Morgan fingerprint density at radius 1 is 1.21 bits per heavy atom. The summed E-state index contributed by atoms with van der Waals surface area (Å²) >= 11 is 0. The van der Waals surface area contributed by atoms with E-state index in [9.17, 15) is 9.59 Å². The zero-order valence-electron chi connectivity index (χ0n) is 13.9. The van der Waals surface area contributed by atoms with Gasteiger partial charge in [-0.2, -0.15) is 0 Å². The molecule has 4 N–H and O–H groups in total. The SMILES string of the molecule is CO[C@@H](c1ccc[nH]1)[C@@H](C)C(=O)N[C@@H](Cc1ccccc1)C(N)=O. The number of amides is 2. The fraction of sp³-hybridized carbons (Fsp3) is 0.333. The van der Waals surface area contributed by atoms with Crippen molar-refractivity contribution in [3.05, 3.63) is 59.9 Å². The van der Waals surface area contributed by atoms with Crippen LogP contribution in [0.5, 0.6) is 0 Å². The van der Waals surface area contributed by atoms with Gasteiger partial charge in [0.25, 0.3) is 0 Å². The normalized spacial score (nSPS) is 14.6. The van der Waals surface area contributed by atoms with Crippen LogP contribution in [-0.4, -0.2) is 29.9 Å². The smallest absolute Gasteiger partial charge is 0.240 e. The van der Waals surface area contributed by atoms with Crippen LogP contribution in [0.4, 0.5) is 0 Å². The lowest BCUT2D eigenvalue weighted by atomic mass is 9.99. The lowest BCUT2D eigenvalue weighted by Crippen LogP contribution is -2.48. The summed E-state index contributed by atoms with van der Waals surface area (Å²) in [6.45, 7) is 1.75. The van der Waals surface area contributed by atoms with Gasteiger partial charge < -0.3 is 20.8 Å². The fourth-order valence-corrected chi connectivity index (χ4v) is 2.63. The maximum atomic E-state index is 12.5. The zero-order valence-corrected chi connectivity index (χ0v) is 13.9. The number of aromatic amines is 1. The van der Waals surface area contributed by atoms with Crippen molar-refractivity contribution in [1.29, 1.82) is 0 Å². The van der Waals surface area contributed by atoms with E-state index < -0.39 is 24.0 Å². The molecule has 2 aromatic rings. The standard InChI is InChI=1S/C18H23N3O3/c1-12(16(24-2)14-9-6-10-20-14)18(23)21-15(17(19)22)11-13-7-4-3-5-8-13/h3-10,12,15-16,20H,11H2,1-2H3,(H2,19,22)(H,21,23)/t12-,15+,16-/m1/s1. The minimum Gasteiger partial charge on any atom is -0.374 e. The molecule has 0 spiro atoms. The topological polar surface area (TPSA) is 97.2 Å². The fourth-order valence-electron chi connectivity index (χ4n) is 2.63. The van der Waals surface area contributed by atoms with E-state index in [1.165, 1.54) is 0 Å². The van der Waals surface area contributed by atoms with Crippen molar-refractivity contribution < 1.29 is 14.3 Å². The number of nitrogens with two attached hydrogens (primary N) is 1. The number of H-pyrrole nitrogens is 1. The number of hydrogen-bond acceptors (Lipinski definition) is 3. The number of nitrogens with one attached hydrogen (secondary N) is 2. The lowest BCUT2D eigenvalue weighted by molar-refractivity contribution is -0.133. The molecule has 2 rings (SSSR count). The third kappa shape index (κ3) is 4.45. The molecule has 0 aliphatic carbocycles. The molecular weight excluding hydrogens is 306 g/mol. The number of rotatable bonds is 8. The summed E-state index contributed by atoms with van der Waals surface area (Å²) in [6, 6.07) is 12.4. The molecule has 1 aromatic heterocycles. The van der Waals surface area contributed by atoms with Crippen molar-refractivity contribution in [2.24, 2.45) is 11.7 Å². The van der Waals surface area contributed by atoms with Gasteiger partial charge in [0.1, 0.15) is 12.1 Å². The summed E-state index contributed by atoms with van der Waals surface area (Å²) < 4.78 is 5.43. The Balaban J connectivity index is 2.05. The third-order valence-corrected chi connectivity index (χ3v) is 3.99. The average molecular weight is 329 g/mol. The molecule has 0 radical (unpaired) electrons. The van der Waals surface area contributed by atoms with Crippen LogP contribution in [0.15, 0.2) is 48.7 Å². The summed E-state index contributed by atoms with van der Waals surface area (Å²) in [6.07, 6.45) is 1.70. The second-order valence-electron chi connectivity index (χ2n) is 5.72. The van der Waals surface area contributed by atoms with Crippen LogP contribution in [0.2, 0.25) is 0 Å². The molecule has 1 heterocycles. The summed E-state index contributed by atoms with van der Waals surface area (Å²) in [5.74, 6) is -1.32. The maximum Gasteiger partial charge on any atom is 0.240 e. The number of hydrogen-bond donors (Lipinski definition) is 3. The molecule has 0 aliphatic heterocycles. The highest BCUT2D eigenvalue weighted by Crippen LogP contribution is 2.24. The first-order chi connectivity index (χ1) is 11.5. The molecule has 6 nitrogen and oxygen atoms in total. The lowest BCUT2D eigenvalue weighted by Gasteiger charge is -2.23. The van der Waals surface area contributed by atoms with Crippen LogP contribution in [0.1, 0.15) is 24.3 Å². The van der Waals surface area contributed by atoms with Crippen LogP contribution in [-0.2, 0) is 20.7 Å². The molecule has 0 aliphatic rings. The molecule has 6 heteroatoms. The molecule has 1 aromatic carbocycles. The third-order valence-electron chi connectivity index (χ3n) is 3.99. The minimum absolute atomic E-state index is 0.281. The van der Waals surface area contributed by atoms with E-state index >= 15 is 0 Å². The number of carbonyl (C=O) groups excluding carboxylic acids is 2. The number of aromatic nitrogens is 1. The summed E-state index contributed by atoms with van der Waals surface area (Å²) in [5, 5.41) is 2.73. The van der Waals surface area contributed by atoms with Gasteiger partial charge in [-0.15, -0.1) is 0 Å². The van der Waals surface area contributed by atoms with Crippen LogP contribution in [0.25, 0.3) is 0 Å². The molecule has 0 bridgehead atoms. The van der Waals surface area contributed by atoms with Gasteiger partial charge in [-0.05, 0) is 17.7 Å². The molecule has 0 saturated heterocycles. The molecule has 128 valence electrons. The first-order valence-corrected chi connectivity index (χ1v) is 7.82. The van der Waals surface area contributed by atoms with Gasteiger partial charge in [0.05, 0.1) is 5.92 Å². The van der Waals surface area contributed by atoms with E-state index in [4.69, 9.17) is 10.5 Å². The van der Waals surface area contributed by atoms with E-state index in [0.717, 1.165) is 11.3 Å². The molecule has 2 amide bonds. The van der Waals surface area contributed by atoms with Crippen LogP contribution in [0.3, 0.4) is 0 Å². The average Bonchev–Trinajstić information content (AvgIpc) is 3.09. The predicted octanol–water partition coefficient (Wildman–Crippen LogP) is 1.55. The highest BCUT2D eigenvalue weighted by Gasteiger charge is 2.29. The van der Waals surface area contributed by atoms with E-state index in [1.807, 2.05) is 42.5 Å². The molecular formula is C18H23N3O3. The summed E-state index contributed by atoms with van der Waals surface area (Å²) in [7, 11) is 1.55. The van der Waals surface area contributed by atoms with Crippen molar-refractivity contribution in [2.75, 3.05) is 7.11 Å².